The number of halogens is 2. The maximum atomic E-state index is 13.2. The van der Waals surface area contributed by atoms with Crippen molar-refractivity contribution >= 4 is 11.6 Å². The van der Waals surface area contributed by atoms with Crippen molar-refractivity contribution in [2.75, 3.05) is 5.32 Å². The van der Waals surface area contributed by atoms with E-state index in [0.717, 1.165) is 18.5 Å². The third kappa shape index (κ3) is 1.88. The lowest BCUT2D eigenvalue weighted by Crippen LogP contribution is -2.15. The number of nitrogens with one attached hydrogen (secondary N) is 2. The number of carbonyl (C=O) groups is 1. The lowest BCUT2D eigenvalue weighted by Gasteiger charge is -2.04. The summed E-state index contributed by atoms with van der Waals surface area (Å²) in [5, 5.41) is 7.78. The standard InChI is InChI=1S/C9H6F2N4O/c10-5-2-1-3-6(11)7(5)14-9(16)8-12-4-13-15-8/h1-4H,(H,14,16)(H,12,13,15). The van der Waals surface area contributed by atoms with Gasteiger partial charge in [-0.15, -0.1) is 0 Å². The van der Waals surface area contributed by atoms with Gasteiger partial charge in [0.15, 0.2) is 0 Å². The summed E-state index contributed by atoms with van der Waals surface area (Å²) in [7, 11) is 0. The van der Waals surface area contributed by atoms with E-state index < -0.39 is 23.2 Å². The average molecular weight is 224 g/mol. The molecule has 5 nitrogen and oxygen atoms in total. The Labute approximate surface area is 88.5 Å². The van der Waals surface area contributed by atoms with Gasteiger partial charge in [-0.3, -0.25) is 9.89 Å². The van der Waals surface area contributed by atoms with Gasteiger partial charge in [0.25, 0.3) is 5.91 Å². The van der Waals surface area contributed by atoms with Crippen molar-refractivity contribution in [3.8, 4) is 0 Å². The van der Waals surface area contributed by atoms with Gasteiger partial charge < -0.3 is 5.32 Å². The van der Waals surface area contributed by atoms with Gasteiger partial charge in [-0.05, 0) is 12.1 Å². The molecule has 0 fully saturated rings. The molecule has 7 heteroatoms. The molecule has 2 aromatic rings. The fourth-order valence-electron chi connectivity index (χ4n) is 1.10. The Morgan fingerprint density at radius 3 is 2.56 bits per heavy atom. The van der Waals surface area contributed by atoms with Crippen molar-refractivity contribution in [3.05, 3.63) is 42.0 Å². The predicted octanol–water partition coefficient (Wildman–Crippen LogP) is 1.34. The van der Waals surface area contributed by atoms with Gasteiger partial charge in [0.1, 0.15) is 23.6 Å². The normalized spacial score (nSPS) is 10.1. The number of nitrogens with zero attached hydrogens (tertiary/aromatic N) is 2. The van der Waals surface area contributed by atoms with Crippen LogP contribution in [0.4, 0.5) is 14.5 Å². The van der Waals surface area contributed by atoms with Gasteiger partial charge in [-0.25, -0.2) is 13.8 Å². The van der Waals surface area contributed by atoms with Crippen molar-refractivity contribution in [3.63, 3.8) is 0 Å². The van der Waals surface area contributed by atoms with Crippen LogP contribution in [0.5, 0.6) is 0 Å². The summed E-state index contributed by atoms with van der Waals surface area (Å²) in [6.45, 7) is 0. The third-order valence-corrected chi connectivity index (χ3v) is 1.83. The molecule has 1 aromatic carbocycles. The fourth-order valence-corrected chi connectivity index (χ4v) is 1.10. The summed E-state index contributed by atoms with van der Waals surface area (Å²) in [6.07, 6.45) is 1.12. The van der Waals surface area contributed by atoms with E-state index in [1.165, 1.54) is 6.07 Å². The van der Waals surface area contributed by atoms with E-state index in [-0.39, 0.29) is 5.82 Å². The number of amides is 1. The number of benzene rings is 1. The second-order valence-corrected chi connectivity index (χ2v) is 2.88. The second-order valence-electron chi connectivity index (χ2n) is 2.88. The Bertz CT molecular complexity index is 492. The molecule has 0 atom stereocenters. The summed E-state index contributed by atoms with van der Waals surface area (Å²) in [5.74, 6) is -2.59. The number of para-hydroxylation sites is 1. The van der Waals surface area contributed by atoms with Crippen molar-refractivity contribution in [1.82, 2.24) is 15.2 Å². The Balaban J connectivity index is 2.25. The van der Waals surface area contributed by atoms with Crippen LogP contribution in [0.15, 0.2) is 24.5 Å². The van der Waals surface area contributed by atoms with Gasteiger partial charge in [0.05, 0.1) is 0 Å². The molecule has 0 saturated heterocycles. The third-order valence-electron chi connectivity index (χ3n) is 1.83. The summed E-state index contributed by atoms with van der Waals surface area (Å²) in [4.78, 5) is 14.9. The molecule has 0 aliphatic carbocycles. The van der Waals surface area contributed by atoms with E-state index in [9.17, 15) is 13.6 Å². The average Bonchev–Trinajstić information content (AvgIpc) is 2.76. The summed E-state index contributed by atoms with van der Waals surface area (Å²) >= 11 is 0. The minimum Gasteiger partial charge on any atom is -0.314 e. The molecule has 1 amide bonds. The molecule has 0 unspecified atom stereocenters. The number of aromatic amines is 1. The molecule has 0 aliphatic heterocycles. The smallest absolute Gasteiger partial charge is 0.293 e. The van der Waals surface area contributed by atoms with Crippen LogP contribution in [-0.4, -0.2) is 21.1 Å². The van der Waals surface area contributed by atoms with Gasteiger partial charge >= 0.3 is 0 Å². The summed E-state index contributed by atoms with van der Waals surface area (Å²) in [5.41, 5.74) is -0.510. The van der Waals surface area contributed by atoms with E-state index in [2.05, 4.69) is 20.5 Å². The van der Waals surface area contributed by atoms with Crippen LogP contribution in [0.1, 0.15) is 10.6 Å². The molecule has 82 valence electrons. The van der Waals surface area contributed by atoms with E-state index >= 15 is 0 Å². The molecule has 0 radical (unpaired) electrons. The topological polar surface area (TPSA) is 70.7 Å². The largest absolute Gasteiger partial charge is 0.314 e. The molecular formula is C9H6F2N4O. The highest BCUT2D eigenvalue weighted by Crippen LogP contribution is 2.18. The van der Waals surface area contributed by atoms with Crippen molar-refractivity contribution in [1.29, 1.82) is 0 Å². The number of H-pyrrole nitrogens is 1. The second kappa shape index (κ2) is 4.05. The number of rotatable bonds is 2. The number of carbonyl (C=O) groups excluding carboxylic acids is 1. The van der Waals surface area contributed by atoms with Crippen LogP contribution in [0.25, 0.3) is 0 Å². The first-order chi connectivity index (χ1) is 7.68. The zero-order valence-corrected chi connectivity index (χ0v) is 7.87. The molecule has 2 rings (SSSR count). The molecule has 0 spiro atoms. The van der Waals surface area contributed by atoms with Crippen molar-refractivity contribution in [2.24, 2.45) is 0 Å². The number of anilines is 1. The lowest BCUT2D eigenvalue weighted by molar-refractivity contribution is 0.101. The molecule has 0 bridgehead atoms. The molecular weight excluding hydrogens is 218 g/mol. The summed E-state index contributed by atoms with van der Waals surface area (Å²) in [6, 6.07) is 3.28. The number of aromatic nitrogens is 3. The molecule has 0 saturated carbocycles. The Morgan fingerprint density at radius 1 is 1.31 bits per heavy atom. The number of hydrogen-bond acceptors (Lipinski definition) is 3. The molecule has 0 aliphatic rings. The summed E-state index contributed by atoms with van der Waals surface area (Å²) < 4.78 is 26.3. The van der Waals surface area contributed by atoms with E-state index in [4.69, 9.17) is 0 Å². The SMILES string of the molecule is O=C(Nc1c(F)cccc1F)c1ncn[nH]1. The van der Waals surface area contributed by atoms with Crippen LogP contribution in [-0.2, 0) is 0 Å². The number of hydrogen-bond donors (Lipinski definition) is 2. The first-order valence-electron chi connectivity index (χ1n) is 4.29. The fraction of sp³-hybridized carbons (Fsp3) is 0. The van der Waals surface area contributed by atoms with Gasteiger partial charge in [-0.2, -0.15) is 5.10 Å². The highest BCUT2D eigenvalue weighted by Gasteiger charge is 2.14. The zero-order chi connectivity index (χ0) is 11.5. The molecule has 1 aromatic heterocycles. The predicted molar refractivity (Wildman–Crippen MR) is 50.7 cm³/mol. The first-order valence-corrected chi connectivity index (χ1v) is 4.29. The van der Waals surface area contributed by atoms with E-state index in [0.29, 0.717) is 0 Å². The Kier molecular flexibility index (Phi) is 2.59. The Hall–Kier alpha value is -2.31. The maximum absolute atomic E-state index is 13.2. The first kappa shape index (κ1) is 10.2. The van der Waals surface area contributed by atoms with Crippen molar-refractivity contribution in [2.45, 2.75) is 0 Å². The maximum Gasteiger partial charge on any atom is 0.293 e. The molecule has 2 N–H and O–H groups in total. The van der Waals surface area contributed by atoms with Crippen LogP contribution >= 0.6 is 0 Å². The van der Waals surface area contributed by atoms with Crippen LogP contribution in [0, 0.1) is 11.6 Å². The van der Waals surface area contributed by atoms with Gasteiger partial charge in [0, 0.05) is 0 Å². The van der Waals surface area contributed by atoms with Crippen molar-refractivity contribution < 1.29 is 13.6 Å². The van der Waals surface area contributed by atoms with Crippen LogP contribution in [0.3, 0.4) is 0 Å². The molecule has 16 heavy (non-hydrogen) atoms. The van der Waals surface area contributed by atoms with E-state index in [1.807, 2.05) is 0 Å². The minimum absolute atomic E-state index is 0.123. The monoisotopic (exact) mass is 224 g/mol. The molecule has 1 heterocycles. The quantitative estimate of drug-likeness (QED) is 0.808. The Morgan fingerprint density at radius 2 is 2.00 bits per heavy atom. The van der Waals surface area contributed by atoms with Crippen LogP contribution in [0.2, 0.25) is 0 Å². The highest BCUT2D eigenvalue weighted by molar-refractivity contribution is 6.01. The van der Waals surface area contributed by atoms with Gasteiger partial charge in [0.2, 0.25) is 5.82 Å². The van der Waals surface area contributed by atoms with Gasteiger partial charge in [-0.1, -0.05) is 6.07 Å². The minimum atomic E-state index is -0.854. The van der Waals surface area contributed by atoms with E-state index in [1.54, 1.807) is 0 Å². The van der Waals surface area contributed by atoms with Crippen LogP contribution < -0.4 is 5.32 Å². The highest BCUT2D eigenvalue weighted by atomic mass is 19.1. The lowest BCUT2D eigenvalue weighted by atomic mass is 10.3. The zero-order valence-electron chi connectivity index (χ0n) is 7.87.